The van der Waals surface area contributed by atoms with Crippen molar-refractivity contribution in [2.45, 2.75) is 39.5 Å². The number of anilines is 2. The van der Waals surface area contributed by atoms with Crippen molar-refractivity contribution in [1.82, 2.24) is 4.31 Å². The van der Waals surface area contributed by atoms with E-state index >= 15 is 0 Å². The number of amides is 1. The molecule has 2 aromatic rings. The Balaban J connectivity index is 0.00000392. The van der Waals surface area contributed by atoms with E-state index < -0.39 is 10.0 Å². The summed E-state index contributed by atoms with van der Waals surface area (Å²) >= 11 is 0. The number of hydrogen-bond acceptors (Lipinski definition) is 4. The predicted octanol–water partition coefficient (Wildman–Crippen LogP) is 3.90. The Morgan fingerprint density at radius 3 is 2.21 bits per heavy atom. The number of halogens is 1. The van der Waals surface area contributed by atoms with Crippen LogP contribution in [0.3, 0.4) is 0 Å². The lowest BCUT2D eigenvalue weighted by atomic mass is 10.1. The molecule has 0 fully saturated rings. The van der Waals surface area contributed by atoms with Crippen molar-refractivity contribution in [3.63, 3.8) is 0 Å². The van der Waals surface area contributed by atoms with Crippen LogP contribution in [0.1, 0.15) is 40.9 Å². The largest absolute Gasteiger partial charge is 0.399 e. The Bertz CT molecular complexity index is 971. The van der Waals surface area contributed by atoms with E-state index in [9.17, 15) is 13.2 Å². The smallest absolute Gasteiger partial charge is 0.256 e. The highest BCUT2D eigenvalue weighted by molar-refractivity contribution is 7.89. The predicted molar refractivity (Wildman–Crippen MR) is 117 cm³/mol. The highest BCUT2D eigenvalue weighted by Crippen LogP contribution is 2.27. The molecule has 3 N–H and O–H groups in total. The molecule has 0 saturated carbocycles. The molecule has 28 heavy (non-hydrogen) atoms. The third kappa shape index (κ3) is 4.84. The zero-order chi connectivity index (χ0) is 20.4. The molecule has 6 nitrogen and oxygen atoms in total. The molecule has 0 aliphatic rings. The van der Waals surface area contributed by atoms with Crippen molar-refractivity contribution in [1.29, 1.82) is 0 Å². The summed E-state index contributed by atoms with van der Waals surface area (Å²) in [5.41, 5.74) is 9.64. The van der Waals surface area contributed by atoms with Crippen LogP contribution in [-0.2, 0) is 10.0 Å². The van der Waals surface area contributed by atoms with Crippen molar-refractivity contribution in [2.75, 3.05) is 24.1 Å². The van der Waals surface area contributed by atoms with E-state index in [1.165, 1.54) is 10.4 Å². The molecule has 0 aliphatic heterocycles. The first kappa shape index (κ1) is 23.9. The number of carbonyl (C=O) groups excluding carboxylic acids is 1. The van der Waals surface area contributed by atoms with E-state index in [1.54, 1.807) is 38.1 Å². The van der Waals surface area contributed by atoms with Gasteiger partial charge in [0.25, 0.3) is 5.91 Å². The number of nitrogens with two attached hydrogens (primary N) is 1. The Kier molecular flexibility index (Phi) is 8.05. The molecule has 0 unspecified atom stereocenters. The minimum atomic E-state index is -3.62. The molecule has 1 amide bonds. The van der Waals surface area contributed by atoms with Gasteiger partial charge in [0.2, 0.25) is 10.0 Å². The SMILES string of the molecule is CCN(CC)S(=O)(=O)c1cc(C)c(C)c(NC(=O)c2cc(N)ccc2C)c1.Cl. The molecular formula is C20H28ClN3O3S. The van der Waals surface area contributed by atoms with Gasteiger partial charge in [0.15, 0.2) is 0 Å². The van der Waals surface area contributed by atoms with Crippen molar-refractivity contribution < 1.29 is 13.2 Å². The van der Waals surface area contributed by atoms with Gasteiger partial charge in [0, 0.05) is 30.0 Å². The number of carbonyl (C=O) groups is 1. The molecule has 154 valence electrons. The lowest BCUT2D eigenvalue weighted by molar-refractivity contribution is 0.102. The number of nitrogens with zero attached hydrogens (tertiary/aromatic N) is 1. The molecule has 0 heterocycles. The van der Waals surface area contributed by atoms with Crippen LogP contribution in [0, 0.1) is 20.8 Å². The van der Waals surface area contributed by atoms with Gasteiger partial charge >= 0.3 is 0 Å². The van der Waals surface area contributed by atoms with Gasteiger partial charge < -0.3 is 11.1 Å². The maximum atomic E-state index is 12.9. The summed E-state index contributed by atoms with van der Waals surface area (Å²) in [5.74, 6) is -0.320. The Morgan fingerprint density at radius 2 is 1.64 bits per heavy atom. The molecule has 0 aliphatic carbocycles. The van der Waals surface area contributed by atoms with Gasteiger partial charge in [0.1, 0.15) is 0 Å². The van der Waals surface area contributed by atoms with Gasteiger partial charge in [-0.1, -0.05) is 19.9 Å². The lowest BCUT2D eigenvalue weighted by Crippen LogP contribution is -2.30. The van der Waals surface area contributed by atoms with Crippen molar-refractivity contribution >= 4 is 39.7 Å². The Labute approximate surface area is 173 Å². The van der Waals surface area contributed by atoms with Gasteiger partial charge in [-0.2, -0.15) is 4.31 Å². The minimum Gasteiger partial charge on any atom is -0.399 e. The summed E-state index contributed by atoms with van der Waals surface area (Å²) in [4.78, 5) is 12.9. The highest BCUT2D eigenvalue weighted by Gasteiger charge is 2.23. The summed E-state index contributed by atoms with van der Waals surface area (Å²) in [6, 6.07) is 8.30. The maximum absolute atomic E-state index is 12.9. The average molecular weight is 426 g/mol. The van der Waals surface area contributed by atoms with Crippen LogP contribution in [0.5, 0.6) is 0 Å². The minimum absolute atomic E-state index is 0. The fourth-order valence-corrected chi connectivity index (χ4v) is 4.46. The van der Waals surface area contributed by atoms with Gasteiger partial charge in [-0.3, -0.25) is 4.79 Å². The van der Waals surface area contributed by atoms with Crippen LogP contribution in [0.4, 0.5) is 11.4 Å². The number of sulfonamides is 1. The Morgan fingerprint density at radius 1 is 1.04 bits per heavy atom. The first-order chi connectivity index (χ1) is 12.6. The first-order valence-electron chi connectivity index (χ1n) is 8.90. The lowest BCUT2D eigenvalue weighted by Gasteiger charge is -2.20. The monoisotopic (exact) mass is 425 g/mol. The van der Waals surface area contributed by atoms with E-state index in [2.05, 4.69) is 5.32 Å². The number of hydrogen-bond donors (Lipinski definition) is 2. The Hall–Kier alpha value is -2.09. The standard InChI is InChI=1S/C20H27N3O3S.ClH/c1-6-23(7-2)27(25,26)17-10-14(4)15(5)19(12-17)22-20(24)18-11-16(21)9-8-13(18)3;/h8-12H,6-7,21H2,1-5H3,(H,22,24);1H. The van der Waals surface area contributed by atoms with Crippen LogP contribution in [0.15, 0.2) is 35.2 Å². The second-order valence-corrected chi connectivity index (χ2v) is 8.47. The number of nitrogens with one attached hydrogen (secondary N) is 1. The van der Waals surface area contributed by atoms with Gasteiger partial charge in [-0.05, 0) is 61.7 Å². The maximum Gasteiger partial charge on any atom is 0.256 e. The van der Waals surface area contributed by atoms with E-state index in [-0.39, 0.29) is 23.2 Å². The molecule has 2 aromatic carbocycles. The zero-order valence-electron chi connectivity index (χ0n) is 16.9. The summed E-state index contributed by atoms with van der Waals surface area (Å²) in [7, 11) is -3.62. The second-order valence-electron chi connectivity index (χ2n) is 6.53. The third-order valence-corrected chi connectivity index (χ3v) is 6.77. The summed E-state index contributed by atoms with van der Waals surface area (Å²) in [5, 5.41) is 2.85. The molecule has 8 heteroatoms. The molecule has 0 aromatic heterocycles. The summed E-state index contributed by atoms with van der Waals surface area (Å²) in [6.07, 6.45) is 0. The second kappa shape index (κ2) is 9.41. The van der Waals surface area contributed by atoms with Crippen LogP contribution >= 0.6 is 12.4 Å². The molecular weight excluding hydrogens is 398 g/mol. The van der Waals surface area contributed by atoms with Crippen LogP contribution in [0.2, 0.25) is 0 Å². The van der Waals surface area contributed by atoms with Gasteiger partial charge in [-0.25, -0.2) is 8.42 Å². The topological polar surface area (TPSA) is 92.5 Å². The number of benzene rings is 2. The molecule has 0 saturated heterocycles. The van der Waals surface area contributed by atoms with Crippen molar-refractivity contribution in [2.24, 2.45) is 0 Å². The molecule has 0 radical (unpaired) electrons. The van der Waals surface area contributed by atoms with Gasteiger partial charge in [-0.15, -0.1) is 12.4 Å². The molecule has 2 rings (SSSR count). The van der Waals surface area contributed by atoms with E-state index in [0.717, 1.165) is 16.7 Å². The van der Waals surface area contributed by atoms with Crippen LogP contribution in [0.25, 0.3) is 0 Å². The number of nitrogen functional groups attached to an aromatic ring is 1. The normalized spacial score (nSPS) is 11.2. The third-order valence-electron chi connectivity index (χ3n) is 4.74. The van der Waals surface area contributed by atoms with E-state index in [4.69, 9.17) is 5.73 Å². The fourth-order valence-electron chi connectivity index (χ4n) is 2.89. The number of aryl methyl sites for hydroxylation is 2. The summed E-state index contributed by atoms with van der Waals surface area (Å²) < 4.78 is 27.1. The zero-order valence-corrected chi connectivity index (χ0v) is 18.5. The summed E-state index contributed by atoms with van der Waals surface area (Å²) in [6.45, 7) is 9.88. The van der Waals surface area contributed by atoms with Crippen LogP contribution < -0.4 is 11.1 Å². The molecule has 0 atom stereocenters. The van der Waals surface area contributed by atoms with Crippen LogP contribution in [-0.4, -0.2) is 31.7 Å². The van der Waals surface area contributed by atoms with Crippen molar-refractivity contribution in [3.05, 3.63) is 52.6 Å². The quantitative estimate of drug-likeness (QED) is 0.686. The molecule has 0 spiro atoms. The van der Waals surface area contributed by atoms with Gasteiger partial charge in [0.05, 0.1) is 4.90 Å². The highest BCUT2D eigenvalue weighted by atomic mass is 35.5. The average Bonchev–Trinajstić information content (AvgIpc) is 2.61. The fraction of sp³-hybridized carbons (Fsp3) is 0.350. The number of rotatable bonds is 6. The van der Waals surface area contributed by atoms with Crippen molar-refractivity contribution in [3.8, 4) is 0 Å². The van der Waals surface area contributed by atoms with E-state index in [0.29, 0.717) is 30.0 Å². The molecule has 0 bridgehead atoms. The van der Waals surface area contributed by atoms with E-state index in [1.807, 2.05) is 20.8 Å². The first-order valence-corrected chi connectivity index (χ1v) is 10.3.